The largest absolute Gasteiger partial charge is 0.468 e. The summed E-state index contributed by atoms with van der Waals surface area (Å²) in [6.45, 7) is 2.60. The van der Waals surface area contributed by atoms with E-state index in [1.165, 1.54) is 19.3 Å². The molecule has 0 aliphatic carbocycles. The van der Waals surface area contributed by atoms with Crippen molar-refractivity contribution in [2.75, 3.05) is 19.6 Å². The lowest BCUT2D eigenvalue weighted by molar-refractivity contribution is -0.121. The smallest absolute Gasteiger partial charge is 0.220 e. The summed E-state index contributed by atoms with van der Waals surface area (Å²) in [5.41, 5.74) is 0.908. The Kier molecular flexibility index (Phi) is 6.87. The molecule has 3 heterocycles. The van der Waals surface area contributed by atoms with Crippen molar-refractivity contribution in [3.8, 4) is 11.3 Å². The average molecular weight is 428 g/mol. The van der Waals surface area contributed by atoms with Gasteiger partial charge in [0.15, 0.2) is 11.7 Å². The zero-order chi connectivity index (χ0) is 20.8. The summed E-state index contributed by atoms with van der Waals surface area (Å²) >= 11 is 5.92. The van der Waals surface area contributed by atoms with Crippen molar-refractivity contribution in [3.05, 3.63) is 65.5 Å². The molecule has 6 nitrogen and oxygen atoms in total. The molecule has 4 rings (SSSR count). The van der Waals surface area contributed by atoms with Gasteiger partial charge < -0.3 is 14.2 Å². The molecule has 1 aliphatic heterocycles. The number of halogens is 1. The molecule has 0 spiro atoms. The van der Waals surface area contributed by atoms with E-state index < -0.39 is 0 Å². The molecule has 1 unspecified atom stereocenters. The number of hydrogen-bond acceptors (Lipinski definition) is 5. The molecule has 0 saturated carbocycles. The molecule has 1 atom stereocenters. The van der Waals surface area contributed by atoms with Crippen molar-refractivity contribution in [2.24, 2.45) is 0 Å². The quantitative estimate of drug-likeness (QED) is 0.555. The Labute approximate surface area is 181 Å². The van der Waals surface area contributed by atoms with Crippen molar-refractivity contribution < 1.29 is 13.6 Å². The number of oxazole rings is 1. The molecule has 158 valence electrons. The maximum Gasteiger partial charge on any atom is 0.220 e. The maximum absolute atomic E-state index is 12.4. The van der Waals surface area contributed by atoms with Gasteiger partial charge in [0.2, 0.25) is 5.91 Å². The minimum absolute atomic E-state index is 0.0187. The molecule has 7 heteroatoms. The highest BCUT2D eigenvalue weighted by molar-refractivity contribution is 6.30. The third-order valence-corrected chi connectivity index (χ3v) is 5.70. The highest BCUT2D eigenvalue weighted by Gasteiger charge is 2.24. The van der Waals surface area contributed by atoms with Crippen LogP contribution in [0.5, 0.6) is 0 Å². The van der Waals surface area contributed by atoms with E-state index in [-0.39, 0.29) is 11.9 Å². The third-order valence-electron chi connectivity index (χ3n) is 5.44. The summed E-state index contributed by atoms with van der Waals surface area (Å²) in [5.74, 6) is 2.10. The van der Waals surface area contributed by atoms with Gasteiger partial charge in [-0.1, -0.05) is 18.0 Å². The molecule has 30 heavy (non-hydrogen) atoms. The van der Waals surface area contributed by atoms with Crippen LogP contribution in [0.3, 0.4) is 0 Å². The lowest BCUT2D eigenvalue weighted by Gasteiger charge is -2.33. The number of carbonyl (C=O) groups is 1. The summed E-state index contributed by atoms with van der Waals surface area (Å²) in [5, 5.41) is 3.73. The number of benzene rings is 1. The predicted octanol–water partition coefficient (Wildman–Crippen LogP) is 4.86. The molecular weight excluding hydrogens is 402 g/mol. The van der Waals surface area contributed by atoms with E-state index in [4.69, 9.17) is 20.4 Å². The molecule has 1 aromatic carbocycles. The van der Waals surface area contributed by atoms with Gasteiger partial charge in [-0.25, -0.2) is 4.98 Å². The van der Waals surface area contributed by atoms with Crippen LogP contribution in [0.25, 0.3) is 11.3 Å². The lowest BCUT2D eigenvalue weighted by atomic mass is 10.1. The SMILES string of the molecule is O=C(CCc1ncc(-c2ccc(Cl)cc2)o1)NCC(c1ccco1)N1CCCCC1. The van der Waals surface area contributed by atoms with Crippen LogP contribution in [0, 0.1) is 0 Å². The van der Waals surface area contributed by atoms with E-state index in [0.717, 1.165) is 24.4 Å². The van der Waals surface area contributed by atoms with E-state index in [1.54, 1.807) is 12.5 Å². The van der Waals surface area contributed by atoms with Crippen LogP contribution >= 0.6 is 11.6 Å². The van der Waals surface area contributed by atoms with E-state index >= 15 is 0 Å². The van der Waals surface area contributed by atoms with Crippen LogP contribution in [0.15, 0.2) is 57.7 Å². The fraction of sp³-hybridized carbons (Fsp3) is 0.391. The molecular formula is C23H26ClN3O3. The first-order chi connectivity index (χ1) is 14.7. The van der Waals surface area contributed by atoms with Gasteiger partial charge in [-0.3, -0.25) is 9.69 Å². The van der Waals surface area contributed by atoms with Crippen LogP contribution in [0.4, 0.5) is 0 Å². The normalized spacial score (nSPS) is 15.8. The Morgan fingerprint density at radius 2 is 1.97 bits per heavy atom. The van der Waals surface area contributed by atoms with Gasteiger partial charge in [0.05, 0.1) is 18.5 Å². The van der Waals surface area contributed by atoms with Crippen molar-refractivity contribution in [2.45, 2.75) is 38.1 Å². The molecule has 2 aromatic heterocycles. The first-order valence-electron chi connectivity index (χ1n) is 10.4. The zero-order valence-corrected chi connectivity index (χ0v) is 17.6. The van der Waals surface area contributed by atoms with Gasteiger partial charge in [-0.05, 0) is 62.3 Å². The number of aryl methyl sites for hydroxylation is 1. The first-order valence-corrected chi connectivity index (χ1v) is 10.8. The minimum Gasteiger partial charge on any atom is -0.468 e. The summed E-state index contributed by atoms with van der Waals surface area (Å²) in [4.78, 5) is 19.1. The number of hydrogen-bond donors (Lipinski definition) is 1. The Hall–Kier alpha value is -2.57. The number of likely N-dealkylation sites (tertiary alicyclic amines) is 1. The third kappa shape index (κ3) is 5.32. The van der Waals surface area contributed by atoms with Crippen LogP contribution in [0.2, 0.25) is 5.02 Å². The topological polar surface area (TPSA) is 71.5 Å². The molecule has 1 aliphatic rings. The lowest BCUT2D eigenvalue weighted by Crippen LogP contribution is -2.40. The van der Waals surface area contributed by atoms with Crippen LogP contribution in [-0.2, 0) is 11.2 Å². The minimum atomic E-state index is -0.0187. The second-order valence-corrected chi connectivity index (χ2v) is 7.99. The Morgan fingerprint density at radius 3 is 2.70 bits per heavy atom. The number of carbonyl (C=O) groups excluding carboxylic acids is 1. The van der Waals surface area contributed by atoms with Crippen LogP contribution in [-0.4, -0.2) is 35.4 Å². The first kappa shape index (κ1) is 20.7. The van der Waals surface area contributed by atoms with Gasteiger partial charge in [0.25, 0.3) is 0 Å². The second kappa shape index (κ2) is 9.96. The molecule has 1 fully saturated rings. The number of aromatic nitrogens is 1. The zero-order valence-electron chi connectivity index (χ0n) is 16.9. The highest BCUT2D eigenvalue weighted by Crippen LogP contribution is 2.25. The van der Waals surface area contributed by atoms with Crippen molar-refractivity contribution in [1.29, 1.82) is 0 Å². The molecule has 0 radical (unpaired) electrons. The van der Waals surface area contributed by atoms with Gasteiger partial charge in [0, 0.05) is 30.0 Å². The fourth-order valence-electron chi connectivity index (χ4n) is 3.81. The van der Waals surface area contributed by atoms with Gasteiger partial charge in [0.1, 0.15) is 5.76 Å². The summed E-state index contributed by atoms with van der Waals surface area (Å²) < 4.78 is 11.4. The van der Waals surface area contributed by atoms with Gasteiger partial charge >= 0.3 is 0 Å². The monoisotopic (exact) mass is 427 g/mol. The van der Waals surface area contributed by atoms with E-state index in [1.807, 2.05) is 36.4 Å². The number of nitrogens with zero attached hydrogens (tertiary/aromatic N) is 2. The predicted molar refractivity (Wildman–Crippen MR) is 115 cm³/mol. The Balaban J connectivity index is 1.29. The summed E-state index contributed by atoms with van der Waals surface area (Å²) in [6, 6.07) is 11.3. The second-order valence-electron chi connectivity index (χ2n) is 7.56. The van der Waals surface area contributed by atoms with Crippen molar-refractivity contribution >= 4 is 17.5 Å². The maximum atomic E-state index is 12.4. The number of piperidine rings is 1. The number of amides is 1. The molecule has 3 aromatic rings. The van der Waals surface area contributed by atoms with Crippen LogP contribution in [0.1, 0.15) is 43.4 Å². The Morgan fingerprint density at radius 1 is 1.17 bits per heavy atom. The van der Waals surface area contributed by atoms with Crippen LogP contribution < -0.4 is 5.32 Å². The fourth-order valence-corrected chi connectivity index (χ4v) is 3.94. The van der Waals surface area contributed by atoms with E-state index in [2.05, 4.69) is 15.2 Å². The molecule has 1 amide bonds. The molecule has 1 saturated heterocycles. The van der Waals surface area contributed by atoms with E-state index in [0.29, 0.717) is 36.1 Å². The molecule has 0 bridgehead atoms. The molecule has 1 N–H and O–H groups in total. The van der Waals surface area contributed by atoms with E-state index in [9.17, 15) is 4.79 Å². The Bertz CT molecular complexity index is 931. The number of furan rings is 1. The highest BCUT2D eigenvalue weighted by atomic mass is 35.5. The average Bonchev–Trinajstić information content (AvgIpc) is 3.46. The number of nitrogens with one attached hydrogen (secondary N) is 1. The van der Waals surface area contributed by atoms with Crippen molar-refractivity contribution in [1.82, 2.24) is 15.2 Å². The number of rotatable bonds is 8. The van der Waals surface area contributed by atoms with Crippen molar-refractivity contribution in [3.63, 3.8) is 0 Å². The summed E-state index contributed by atoms with van der Waals surface area (Å²) in [6.07, 6.45) is 7.78. The standard InChI is InChI=1S/C23H26ClN3O3/c24-18-8-6-17(7-9-18)21-16-26-23(30-21)11-10-22(28)25-15-19(20-5-4-14-29-20)27-12-2-1-3-13-27/h4-9,14,16,19H,1-3,10-13,15H2,(H,25,28). The van der Waals surface area contributed by atoms with Gasteiger partial charge in [-0.15, -0.1) is 0 Å². The summed E-state index contributed by atoms with van der Waals surface area (Å²) in [7, 11) is 0. The van der Waals surface area contributed by atoms with Gasteiger partial charge in [-0.2, -0.15) is 0 Å².